The molecule has 0 aliphatic carbocycles. The average molecular weight is 646 g/mol. The van der Waals surface area contributed by atoms with E-state index in [9.17, 15) is 19.4 Å². The summed E-state index contributed by atoms with van der Waals surface area (Å²) in [5.41, 5.74) is 0. The van der Waals surface area contributed by atoms with Crippen LogP contribution in [0, 0.1) is 0 Å². The molecular formula is C35H70N2O6P+. The number of rotatable bonds is 31. The summed E-state index contributed by atoms with van der Waals surface area (Å²) >= 11 is 0. The minimum atomic E-state index is -4.32. The van der Waals surface area contributed by atoms with Crippen molar-refractivity contribution in [1.82, 2.24) is 5.32 Å². The second kappa shape index (κ2) is 28.2. The zero-order valence-electron chi connectivity index (χ0n) is 29.1. The fourth-order valence-corrected chi connectivity index (χ4v) is 5.50. The van der Waals surface area contributed by atoms with Crippen LogP contribution in [-0.4, -0.2) is 73.4 Å². The minimum absolute atomic E-state index is 0.0570. The summed E-state index contributed by atoms with van der Waals surface area (Å²) in [7, 11) is 1.55. The molecule has 0 saturated heterocycles. The second-order valence-electron chi connectivity index (χ2n) is 13.2. The summed E-state index contributed by atoms with van der Waals surface area (Å²) in [4.78, 5) is 22.8. The Bertz CT molecular complexity index is 784. The normalized spacial score (nSPS) is 15.2. The van der Waals surface area contributed by atoms with Gasteiger partial charge in [0.1, 0.15) is 13.2 Å². The Morgan fingerprint density at radius 2 is 1.25 bits per heavy atom. The Kier molecular flexibility index (Phi) is 27.6. The number of amides is 1. The van der Waals surface area contributed by atoms with Gasteiger partial charge in [-0.25, -0.2) is 4.57 Å². The van der Waals surface area contributed by atoms with Crippen molar-refractivity contribution in [3.8, 4) is 0 Å². The Hall–Kier alpha value is -1.02. The zero-order chi connectivity index (χ0) is 32.9. The van der Waals surface area contributed by atoms with Crippen LogP contribution < -0.4 is 5.32 Å². The molecule has 0 heterocycles. The Labute approximate surface area is 271 Å². The molecule has 0 radical (unpaired) electrons. The summed E-state index contributed by atoms with van der Waals surface area (Å²) in [6.45, 7) is 4.66. The Morgan fingerprint density at radius 3 is 1.77 bits per heavy atom. The van der Waals surface area contributed by atoms with E-state index in [-0.39, 0.29) is 19.1 Å². The van der Waals surface area contributed by atoms with Gasteiger partial charge in [0.25, 0.3) is 0 Å². The second-order valence-corrected chi connectivity index (χ2v) is 14.7. The van der Waals surface area contributed by atoms with Gasteiger partial charge in [-0.3, -0.25) is 13.8 Å². The number of unbranched alkanes of at least 4 members (excludes halogenated alkanes) is 16. The van der Waals surface area contributed by atoms with Gasteiger partial charge in [0.2, 0.25) is 5.91 Å². The predicted octanol–water partition coefficient (Wildman–Crippen LogP) is 8.63. The molecule has 0 saturated carbocycles. The number of phosphoric ester groups is 1. The highest BCUT2D eigenvalue weighted by Gasteiger charge is 2.27. The number of carbonyl (C=O) groups excluding carboxylic acids is 1. The minimum Gasteiger partial charge on any atom is -0.387 e. The quantitative estimate of drug-likeness (QED) is 0.0302. The number of aliphatic hydroxyl groups is 1. The first-order valence-corrected chi connectivity index (χ1v) is 19.2. The first-order chi connectivity index (χ1) is 21.0. The van der Waals surface area contributed by atoms with Crippen LogP contribution >= 0.6 is 7.82 Å². The van der Waals surface area contributed by atoms with Crippen LogP contribution in [0.1, 0.15) is 142 Å². The Morgan fingerprint density at radius 1 is 0.750 bits per heavy atom. The van der Waals surface area contributed by atoms with E-state index in [2.05, 4.69) is 31.3 Å². The molecule has 0 fully saturated rings. The van der Waals surface area contributed by atoms with Crippen molar-refractivity contribution in [2.24, 2.45) is 0 Å². The highest BCUT2D eigenvalue weighted by molar-refractivity contribution is 7.47. The molecule has 3 N–H and O–H groups in total. The third-order valence-electron chi connectivity index (χ3n) is 7.66. The lowest BCUT2D eigenvalue weighted by molar-refractivity contribution is -0.870. The van der Waals surface area contributed by atoms with Gasteiger partial charge in [-0.2, -0.15) is 0 Å². The van der Waals surface area contributed by atoms with Crippen molar-refractivity contribution >= 4 is 13.7 Å². The third-order valence-corrected chi connectivity index (χ3v) is 8.64. The number of hydrogen-bond acceptors (Lipinski definition) is 5. The molecule has 0 spiro atoms. The van der Waals surface area contributed by atoms with E-state index in [4.69, 9.17) is 9.05 Å². The monoisotopic (exact) mass is 645 g/mol. The number of aliphatic hydroxyl groups excluding tert-OH is 1. The topological polar surface area (TPSA) is 105 Å². The largest absolute Gasteiger partial charge is 0.472 e. The van der Waals surface area contributed by atoms with Crippen molar-refractivity contribution in [2.75, 3.05) is 40.9 Å². The molecule has 0 aromatic heterocycles. The van der Waals surface area contributed by atoms with Gasteiger partial charge in [-0.05, 0) is 25.7 Å². The molecule has 3 atom stereocenters. The van der Waals surface area contributed by atoms with E-state index in [0.717, 1.165) is 44.9 Å². The van der Waals surface area contributed by atoms with E-state index in [0.29, 0.717) is 17.4 Å². The summed E-state index contributed by atoms with van der Waals surface area (Å²) < 4.78 is 23.3. The molecule has 0 rings (SSSR count). The molecule has 260 valence electrons. The van der Waals surface area contributed by atoms with E-state index in [1.54, 1.807) is 6.08 Å². The van der Waals surface area contributed by atoms with Crippen molar-refractivity contribution in [1.29, 1.82) is 0 Å². The first kappa shape index (κ1) is 43.0. The summed E-state index contributed by atoms with van der Waals surface area (Å²) in [6.07, 6.45) is 29.8. The average Bonchev–Trinajstić information content (AvgIpc) is 2.95. The van der Waals surface area contributed by atoms with Crippen LogP contribution in [0.2, 0.25) is 0 Å². The molecule has 1 amide bonds. The summed E-state index contributed by atoms with van der Waals surface area (Å²) in [6, 6.07) is -0.854. The zero-order valence-corrected chi connectivity index (χ0v) is 30.0. The third kappa shape index (κ3) is 29.7. The van der Waals surface area contributed by atoms with E-state index in [1.807, 2.05) is 27.2 Å². The van der Waals surface area contributed by atoms with Crippen LogP contribution in [0.4, 0.5) is 0 Å². The SMILES string of the molecule is CCC/C=C/CC/C=C/C(O)C(COP(=O)(O)OCC[N+](C)(C)C)NC(=O)CCCCCCCCCCCCCCCCC. The van der Waals surface area contributed by atoms with Crippen LogP contribution in [0.15, 0.2) is 24.3 Å². The van der Waals surface area contributed by atoms with Crippen molar-refractivity contribution in [3.05, 3.63) is 24.3 Å². The van der Waals surface area contributed by atoms with Gasteiger partial charge in [0.15, 0.2) is 0 Å². The number of carbonyl (C=O) groups is 1. The first-order valence-electron chi connectivity index (χ1n) is 17.7. The molecule has 3 unspecified atom stereocenters. The molecule has 0 aromatic carbocycles. The highest BCUT2D eigenvalue weighted by atomic mass is 31.2. The van der Waals surface area contributed by atoms with Crippen molar-refractivity contribution in [2.45, 2.75) is 154 Å². The van der Waals surface area contributed by atoms with Crippen LogP contribution in [0.3, 0.4) is 0 Å². The molecule has 8 nitrogen and oxygen atoms in total. The molecule has 0 bridgehead atoms. The molecule has 0 aliphatic heterocycles. The van der Waals surface area contributed by atoms with Crippen LogP contribution in [0.25, 0.3) is 0 Å². The van der Waals surface area contributed by atoms with E-state index in [1.165, 1.54) is 77.0 Å². The van der Waals surface area contributed by atoms with Gasteiger partial charge in [0, 0.05) is 6.42 Å². The van der Waals surface area contributed by atoms with Crippen molar-refractivity contribution < 1.29 is 32.9 Å². The maximum absolute atomic E-state index is 12.7. The summed E-state index contributed by atoms with van der Waals surface area (Å²) in [5.74, 6) is -0.193. The number of likely N-dealkylation sites (N-methyl/N-ethyl adjacent to an activating group) is 1. The molecule has 44 heavy (non-hydrogen) atoms. The lowest BCUT2D eigenvalue weighted by Gasteiger charge is -2.25. The predicted molar refractivity (Wildman–Crippen MR) is 185 cm³/mol. The van der Waals surface area contributed by atoms with Gasteiger partial charge in [0.05, 0.1) is 39.9 Å². The van der Waals surface area contributed by atoms with E-state index >= 15 is 0 Å². The number of phosphoric acid groups is 1. The molecular weight excluding hydrogens is 575 g/mol. The smallest absolute Gasteiger partial charge is 0.387 e. The lowest BCUT2D eigenvalue weighted by atomic mass is 10.0. The maximum Gasteiger partial charge on any atom is 0.472 e. The van der Waals surface area contributed by atoms with Gasteiger partial charge in [-0.15, -0.1) is 0 Å². The molecule has 0 aliphatic rings. The number of nitrogens with one attached hydrogen (secondary N) is 1. The van der Waals surface area contributed by atoms with E-state index < -0.39 is 20.0 Å². The Balaban J connectivity index is 4.44. The maximum atomic E-state index is 12.7. The standard InChI is InChI=1S/C35H69N2O6P/c1-6-8-10-12-14-15-16-17-18-19-20-21-23-25-27-29-35(39)36-33(34(38)28-26-24-22-13-11-9-7-2)32-43-44(40,41)42-31-30-37(3,4)5/h11,13,26,28,33-34,38H,6-10,12,14-25,27,29-32H2,1-5H3,(H-,36,39,40,41)/p+1/b13-11+,28-26+. The number of nitrogens with zero attached hydrogens (tertiary/aromatic N) is 1. The van der Waals surface area contributed by atoms with Gasteiger partial charge in [-0.1, -0.05) is 134 Å². The number of allylic oxidation sites excluding steroid dienone is 3. The fraction of sp³-hybridized carbons (Fsp3) is 0.857. The molecule has 9 heteroatoms. The van der Waals surface area contributed by atoms with Crippen molar-refractivity contribution in [3.63, 3.8) is 0 Å². The van der Waals surface area contributed by atoms with Gasteiger partial charge < -0.3 is 19.8 Å². The summed E-state index contributed by atoms with van der Waals surface area (Å²) in [5, 5.41) is 13.6. The number of hydrogen-bond donors (Lipinski definition) is 3. The van der Waals surface area contributed by atoms with Crippen LogP contribution in [0.5, 0.6) is 0 Å². The number of quaternary nitrogens is 1. The lowest BCUT2D eigenvalue weighted by Crippen LogP contribution is -2.45. The molecule has 0 aromatic rings. The van der Waals surface area contributed by atoms with Gasteiger partial charge >= 0.3 is 7.82 Å². The fourth-order valence-electron chi connectivity index (χ4n) is 4.77. The van der Waals surface area contributed by atoms with Crippen LogP contribution in [-0.2, 0) is 18.4 Å². The highest BCUT2D eigenvalue weighted by Crippen LogP contribution is 2.43.